The van der Waals surface area contributed by atoms with Crippen LogP contribution in [0.1, 0.15) is 75.6 Å². The molecule has 39 heavy (non-hydrogen) atoms. The van der Waals surface area contributed by atoms with Crippen molar-refractivity contribution in [3.05, 3.63) is 53.6 Å². The Morgan fingerprint density at radius 1 is 1.08 bits per heavy atom. The van der Waals surface area contributed by atoms with Crippen LogP contribution < -0.4 is 9.47 Å². The van der Waals surface area contributed by atoms with Gasteiger partial charge in [-0.15, -0.1) is 10.2 Å². The Morgan fingerprint density at radius 2 is 1.67 bits per heavy atom. The van der Waals surface area contributed by atoms with E-state index in [4.69, 9.17) is 14.2 Å². The number of aromatic nitrogens is 5. The highest BCUT2D eigenvalue weighted by Crippen LogP contribution is 2.46. The number of rotatable bonds is 11. The highest BCUT2D eigenvalue weighted by molar-refractivity contribution is 7.91. The number of hydrogen-bond donors (Lipinski definition) is 1. The van der Waals surface area contributed by atoms with Gasteiger partial charge in [0.2, 0.25) is 0 Å². The summed E-state index contributed by atoms with van der Waals surface area (Å²) in [6, 6.07) is 5.31. The Bertz CT molecular complexity index is 1370. The molecule has 12 heteroatoms. The molecule has 0 spiro atoms. The van der Waals surface area contributed by atoms with Gasteiger partial charge in [0.05, 0.1) is 31.2 Å². The Kier molecular flexibility index (Phi) is 8.29. The van der Waals surface area contributed by atoms with Crippen LogP contribution in [-0.2, 0) is 20.3 Å². The minimum absolute atomic E-state index is 0.117. The van der Waals surface area contributed by atoms with Crippen LogP contribution in [0, 0.1) is 6.92 Å². The third-order valence-corrected chi connectivity index (χ3v) is 8.96. The Balaban J connectivity index is 1.78. The predicted octanol–water partition coefficient (Wildman–Crippen LogP) is 3.48. The molecule has 1 aliphatic carbocycles. The van der Waals surface area contributed by atoms with Crippen LogP contribution in [0.25, 0.3) is 5.69 Å². The van der Waals surface area contributed by atoms with Crippen LogP contribution in [0.4, 0.5) is 0 Å². The lowest BCUT2D eigenvalue weighted by Crippen LogP contribution is -2.40. The number of ether oxygens (including phenoxy) is 3. The number of benzene rings is 1. The first kappa shape index (κ1) is 28.9. The van der Waals surface area contributed by atoms with Crippen molar-refractivity contribution in [1.29, 1.82) is 0 Å². The molecule has 1 N–H and O–H groups in total. The lowest BCUT2D eigenvalue weighted by atomic mass is 9.72. The van der Waals surface area contributed by atoms with E-state index in [0.717, 1.165) is 5.56 Å². The number of nitrogens with zero attached hydrogens (tertiary/aromatic N) is 5. The molecule has 2 atom stereocenters. The quantitative estimate of drug-likeness (QED) is 0.371. The second-order valence-corrected chi connectivity index (χ2v) is 13.0. The number of para-hydroxylation sites is 1. The average Bonchev–Trinajstić information content (AvgIpc) is 3.27. The Labute approximate surface area is 229 Å². The molecule has 2 heterocycles. The van der Waals surface area contributed by atoms with Crippen molar-refractivity contribution in [2.45, 2.75) is 82.2 Å². The molecule has 0 aliphatic heterocycles. The van der Waals surface area contributed by atoms with E-state index in [2.05, 4.69) is 20.2 Å². The second-order valence-electron chi connectivity index (χ2n) is 10.7. The van der Waals surface area contributed by atoms with Gasteiger partial charge in [-0.3, -0.25) is 4.57 Å². The molecular weight excluding hydrogens is 522 g/mol. The first-order chi connectivity index (χ1) is 18.4. The minimum atomic E-state index is -3.87. The molecule has 1 aliphatic rings. The Hall–Kier alpha value is -3.09. The zero-order valence-electron chi connectivity index (χ0n) is 23.5. The summed E-state index contributed by atoms with van der Waals surface area (Å²) in [7, 11) is -0.805. The monoisotopic (exact) mass is 559 g/mol. The van der Waals surface area contributed by atoms with Gasteiger partial charge in [-0.25, -0.2) is 18.4 Å². The van der Waals surface area contributed by atoms with Crippen molar-refractivity contribution in [2.24, 2.45) is 0 Å². The predicted molar refractivity (Wildman–Crippen MR) is 145 cm³/mol. The minimum Gasteiger partial charge on any atom is -0.494 e. The molecule has 1 aromatic carbocycles. The molecule has 0 amide bonds. The fourth-order valence-electron chi connectivity index (χ4n) is 4.89. The smallest absolute Gasteiger partial charge is 0.163 e. The van der Waals surface area contributed by atoms with Crippen LogP contribution in [-0.4, -0.2) is 69.4 Å². The normalized spacial score (nSPS) is 20.9. The van der Waals surface area contributed by atoms with Crippen molar-refractivity contribution in [3.63, 3.8) is 0 Å². The van der Waals surface area contributed by atoms with E-state index >= 15 is 0 Å². The van der Waals surface area contributed by atoms with Crippen LogP contribution >= 0.6 is 0 Å². The maximum atomic E-state index is 13.9. The van der Waals surface area contributed by atoms with Crippen molar-refractivity contribution in [2.75, 3.05) is 14.2 Å². The average molecular weight is 560 g/mol. The number of sulfone groups is 1. The lowest BCUT2D eigenvalue weighted by Gasteiger charge is -2.40. The summed E-state index contributed by atoms with van der Waals surface area (Å²) in [6.07, 6.45) is 3.10. The molecule has 212 valence electrons. The van der Waals surface area contributed by atoms with Crippen LogP contribution in [0.3, 0.4) is 0 Å². The zero-order chi connectivity index (χ0) is 28.5. The molecule has 0 unspecified atom stereocenters. The number of methoxy groups -OCH3 is 2. The summed E-state index contributed by atoms with van der Waals surface area (Å²) < 4.78 is 46.8. The summed E-state index contributed by atoms with van der Waals surface area (Å²) in [5.74, 6) is 1.46. The van der Waals surface area contributed by atoms with Gasteiger partial charge in [-0.2, -0.15) is 0 Å². The van der Waals surface area contributed by atoms with Gasteiger partial charge in [-0.05, 0) is 65.2 Å². The van der Waals surface area contributed by atoms with Gasteiger partial charge >= 0.3 is 0 Å². The van der Waals surface area contributed by atoms with E-state index in [-0.39, 0.29) is 17.8 Å². The third-order valence-electron chi connectivity index (χ3n) is 6.92. The van der Waals surface area contributed by atoms with E-state index in [9.17, 15) is 13.5 Å². The van der Waals surface area contributed by atoms with Crippen molar-refractivity contribution < 1.29 is 27.7 Å². The summed E-state index contributed by atoms with van der Waals surface area (Å²) >= 11 is 0. The first-order valence-corrected chi connectivity index (χ1v) is 14.6. The summed E-state index contributed by atoms with van der Waals surface area (Å²) in [6.45, 7) is 8.90. The van der Waals surface area contributed by atoms with Crippen molar-refractivity contribution >= 4 is 9.84 Å². The van der Waals surface area contributed by atoms with Gasteiger partial charge in [0.1, 0.15) is 34.9 Å². The molecule has 2 aromatic heterocycles. The van der Waals surface area contributed by atoms with Gasteiger partial charge in [-0.1, -0.05) is 6.07 Å². The van der Waals surface area contributed by atoms with Gasteiger partial charge in [0, 0.05) is 18.3 Å². The second kappa shape index (κ2) is 11.2. The first-order valence-electron chi connectivity index (χ1n) is 12.9. The van der Waals surface area contributed by atoms with Gasteiger partial charge < -0.3 is 19.3 Å². The topological polar surface area (TPSA) is 139 Å². The highest BCUT2D eigenvalue weighted by atomic mass is 32.2. The molecule has 4 rings (SSSR count). The van der Waals surface area contributed by atoms with Gasteiger partial charge in [0.25, 0.3) is 0 Å². The Morgan fingerprint density at radius 3 is 2.18 bits per heavy atom. The lowest BCUT2D eigenvalue weighted by molar-refractivity contribution is -0.0338. The molecule has 3 aromatic rings. The molecule has 11 nitrogen and oxygen atoms in total. The maximum absolute atomic E-state index is 13.9. The molecular formula is C27H37N5O6S. The SMILES string of the molecule is COc1cccc(OC)c1-n1c(CS(=O)(=O)[C@@H](C)[C@@H](OC(C)C)c2ncc(C)cn2)nnc1C1CC(C)(O)C1. The van der Waals surface area contributed by atoms with Crippen molar-refractivity contribution in [1.82, 2.24) is 24.7 Å². The number of aryl methyl sites for hydroxylation is 1. The molecule has 1 saturated carbocycles. The standard InChI is InChI=1S/C27H37N5O6S/c1-16(2)38-24(25-28-13-17(3)14-29-25)18(4)39(34,35)15-22-30-31-26(19-11-27(5,33)12-19)32(22)23-20(36-6)9-8-10-21(23)37-7/h8-10,13-14,16,18-19,24,33H,11-12,15H2,1-7H3/t18-,19?,24+,27?/m0/s1. The largest absolute Gasteiger partial charge is 0.494 e. The van der Waals surface area contributed by atoms with E-state index < -0.39 is 32.5 Å². The maximum Gasteiger partial charge on any atom is 0.163 e. The molecule has 0 radical (unpaired) electrons. The van der Waals surface area contributed by atoms with E-state index in [1.165, 1.54) is 14.2 Å². The number of aliphatic hydroxyl groups is 1. The van der Waals surface area contributed by atoms with E-state index in [0.29, 0.717) is 41.7 Å². The fourth-order valence-corrected chi connectivity index (χ4v) is 6.26. The van der Waals surface area contributed by atoms with Crippen molar-refractivity contribution in [3.8, 4) is 17.2 Å². The highest BCUT2D eigenvalue weighted by Gasteiger charge is 2.43. The van der Waals surface area contributed by atoms with Crippen LogP contribution in [0.5, 0.6) is 11.5 Å². The van der Waals surface area contributed by atoms with E-state index in [1.807, 2.05) is 20.8 Å². The zero-order valence-corrected chi connectivity index (χ0v) is 24.3. The summed E-state index contributed by atoms with van der Waals surface area (Å²) in [4.78, 5) is 8.71. The molecule has 1 fully saturated rings. The molecule has 0 saturated heterocycles. The van der Waals surface area contributed by atoms with Gasteiger partial charge in [0.15, 0.2) is 21.5 Å². The summed E-state index contributed by atoms with van der Waals surface area (Å²) in [5, 5.41) is 18.2. The fraction of sp³-hybridized carbons (Fsp3) is 0.556. The third kappa shape index (κ3) is 6.07. The number of hydrogen-bond acceptors (Lipinski definition) is 10. The van der Waals surface area contributed by atoms with E-state index in [1.54, 1.807) is 49.0 Å². The van der Waals surface area contributed by atoms with Crippen LogP contribution in [0.2, 0.25) is 0 Å². The van der Waals surface area contributed by atoms with Crippen LogP contribution in [0.15, 0.2) is 30.6 Å². The molecule has 0 bridgehead atoms. The summed E-state index contributed by atoms with van der Waals surface area (Å²) in [5.41, 5.74) is 0.547.